The van der Waals surface area contributed by atoms with Crippen LogP contribution in [0.25, 0.3) is 0 Å². The van der Waals surface area contributed by atoms with E-state index in [-0.39, 0.29) is 24.8 Å². The minimum Gasteiger partial charge on any atom is -0.497 e. The molecule has 1 atom stereocenters. The van der Waals surface area contributed by atoms with Gasteiger partial charge in [0.15, 0.2) is 0 Å². The van der Waals surface area contributed by atoms with E-state index in [1.807, 2.05) is 79.7 Å². The smallest absolute Gasteiger partial charge is 0.243 e. The maximum Gasteiger partial charge on any atom is 0.243 e. The molecule has 0 aliphatic rings. The van der Waals surface area contributed by atoms with E-state index in [4.69, 9.17) is 16.3 Å². The molecule has 0 fully saturated rings. The molecule has 0 unspecified atom stereocenters. The zero-order chi connectivity index (χ0) is 24.3. The number of nitrogens with zero attached hydrogens (tertiary/aromatic N) is 1. The van der Waals surface area contributed by atoms with Crippen LogP contribution in [-0.4, -0.2) is 36.4 Å². The fourth-order valence-corrected chi connectivity index (χ4v) is 4.00. The highest BCUT2D eigenvalue weighted by atomic mass is 35.5. The van der Waals surface area contributed by atoms with Crippen molar-refractivity contribution in [2.45, 2.75) is 38.8 Å². The molecule has 0 bridgehead atoms. The van der Waals surface area contributed by atoms with Crippen LogP contribution in [-0.2, 0) is 29.0 Å². The Morgan fingerprint density at radius 3 is 2.38 bits per heavy atom. The summed E-state index contributed by atoms with van der Waals surface area (Å²) in [6, 6.07) is 24.0. The number of ether oxygens (including phenoxy) is 1. The van der Waals surface area contributed by atoms with Gasteiger partial charge in [-0.2, -0.15) is 0 Å². The summed E-state index contributed by atoms with van der Waals surface area (Å²) in [5, 5.41) is 3.52. The molecule has 0 heterocycles. The van der Waals surface area contributed by atoms with Crippen molar-refractivity contribution in [3.8, 4) is 5.75 Å². The van der Waals surface area contributed by atoms with Gasteiger partial charge in [0.05, 0.1) is 13.5 Å². The third-order valence-corrected chi connectivity index (χ3v) is 5.98. The number of hydrogen-bond acceptors (Lipinski definition) is 3. The van der Waals surface area contributed by atoms with Crippen molar-refractivity contribution in [2.75, 3.05) is 13.7 Å². The lowest BCUT2D eigenvalue weighted by Crippen LogP contribution is -2.51. The first kappa shape index (κ1) is 25.3. The van der Waals surface area contributed by atoms with Crippen molar-refractivity contribution in [1.82, 2.24) is 10.2 Å². The number of methoxy groups -OCH3 is 1. The predicted octanol–water partition coefficient (Wildman–Crippen LogP) is 5.06. The fraction of sp³-hybridized carbons (Fsp3) is 0.286. The number of benzene rings is 3. The van der Waals surface area contributed by atoms with Crippen molar-refractivity contribution in [1.29, 1.82) is 0 Å². The van der Waals surface area contributed by atoms with Crippen molar-refractivity contribution in [3.63, 3.8) is 0 Å². The standard InChI is InChI=1S/C28H31ClN2O3/c1-3-16-30-28(33)26(18-21-10-5-4-6-11-21)31(20-22-12-9-14-24(17-22)34-2)27(32)19-23-13-7-8-15-25(23)29/h4-15,17,26H,3,16,18-20H2,1-2H3,(H,30,33)/t26-/m0/s1. The fourth-order valence-electron chi connectivity index (χ4n) is 3.79. The Bertz CT molecular complexity index is 1090. The van der Waals surface area contributed by atoms with E-state index in [0.717, 1.165) is 23.1 Å². The van der Waals surface area contributed by atoms with Crippen LogP contribution in [0.15, 0.2) is 78.9 Å². The molecule has 0 aliphatic heterocycles. The van der Waals surface area contributed by atoms with Crippen LogP contribution in [0, 0.1) is 0 Å². The quantitative estimate of drug-likeness (QED) is 0.419. The minimum absolute atomic E-state index is 0.107. The zero-order valence-corrected chi connectivity index (χ0v) is 20.4. The minimum atomic E-state index is -0.671. The number of amides is 2. The number of carbonyl (C=O) groups is 2. The van der Waals surface area contributed by atoms with Gasteiger partial charge in [0.25, 0.3) is 0 Å². The van der Waals surface area contributed by atoms with Gasteiger partial charge in [-0.1, -0.05) is 79.2 Å². The summed E-state index contributed by atoms with van der Waals surface area (Å²) in [6.45, 7) is 2.83. The normalized spacial score (nSPS) is 11.5. The Labute approximate surface area is 206 Å². The summed E-state index contributed by atoms with van der Waals surface area (Å²) in [5.74, 6) is 0.371. The highest BCUT2D eigenvalue weighted by molar-refractivity contribution is 6.31. The highest BCUT2D eigenvalue weighted by Gasteiger charge is 2.30. The van der Waals surface area contributed by atoms with Crippen molar-refractivity contribution >= 4 is 23.4 Å². The van der Waals surface area contributed by atoms with Crippen LogP contribution in [0.2, 0.25) is 5.02 Å². The molecule has 3 aromatic rings. The topological polar surface area (TPSA) is 58.6 Å². The summed E-state index contributed by atoms with van der Waals surface area (Å²) in [4.78, 5) is 28.7. The van der Waals surface area contributed by atoms with Crippen LogP contribution in [0.5, 0.6) is 5.75 Å². The number of carbonyl (C=O) groups excluding carboxylic acids is 2. The molecule has 34 heavy (non-hydrogen) atoms. The third kappa shape index (κ3) is 7.09. The lowest BCUT2D eigenvalue weighted by Gasteiger charge is -2.32. The van der Waals surface area contributed by atoms with Gasteiger partial charge in [-0.15, -0.1) is 0 Å². The molecule has 178 valence electrons. The Morgan fingerprint density at radius 1 is 0.971 bits per heavy atom. The molecular weight excluding hydrogens is 448 g/mol. The SMILES string of the molecule is CCCNC(=O)[C@H](Cc1ccccc1)N(Cc1cccc(OC)c1)C(=O)Cc1ccccc1Cl. The molecule has 2 amide bonds. The number of nitrogens with one attached hydrogen (secondary N) is 1. The van der Waals surface area contributed by atoms with Crippen molar-refractivity contribution in [3.05, 3.63) is 101 Å². The molecule has 5 nitrogen and oxygen atoms in total. The second-order valence-electron chi connectivity index (χ2n) is 8.14. The largest absolute Gasteiger partial charge is 0.497 e. The molecular formula is C28H31ClN2O3. The van der Waals surface area contributed by atoms with Gasteiger partial charge in [-0.05, 0) is 41.3 Å². The molecule has 0 spiro atoms. The summed E-state index contributed by atoms with van der Waals surface area (Å²) >= 11 is 6.35. The second kappa shape index (κ2) is 12.8. The Balaban J connectivity index is 1.97. The van der Waals surface area contributed by atoms with E-state index in [0.29, 0.717) is 23.7 Å². The predicted molar refractivity (Wildman–Crippen MR) is 136 cm³/mol. The zero-order valence-electron chi connectivity index (χ0n) is 19.7. The van der Waals surface area contributed by atoms with E-state index in [9.17, 15) is 9.59 Å². The molecule has 0 saturated heterocycles. The lowest BCUT2D eigenvalue weighted by atomic mass is 10.0. The van der Waals surface area contributed by atoms with Gasteiger partial charge in [-0.3, -0.25) is 9.59 Å². The highest BCUT2D eigenvalue weighted by Crippen LogP contribution is 2.21. The van der Waals surface area contributed by atoms with E-state index in [1.165, 1.54) is 0 Å². The molecule has 1 N–H and O–H groups in total. The third-order valence-electron chi connectivity index (χ3n) is 5.61. The molecule has 3 aromatic carbocycles. The van der Waals surface area contributed by atoms with Gasteiger partial charge >= 0.3 is 0 Å². The molecule has 0 radical (unpaired) electrons. The second-order valence-corrected chi connectivity index (χ2v) is 8.55. The molecule has 0 saturated carbocycles. The summed E-state index contributed by atoms with van der Waals surface area (Å²) in [6.07, 6.45) is 1.33. The van der Waals surface area contributed by atoms with Gasteiger partial charge in [0.1, 0.15) is 11.8 Å². The van der Waals surface area contributed by atoms with Gasteiger partial charge in [0.2, 0.25) is 11.8 Å². The van der Waals surface area contributed by atoms with Crippen LogP contribution in [0.3, 0.4) is 0 Å². The van der Waals surface area contributed by atoms with Gasteiger partial charge in [0, 0.05) is 24.5 Å². The Morgan fingerprint density at radius 2 is 1.68 bits per heavy atom. The number of rotatable bonds is 11. The molecule has 0 aromatic heterocycles. The Kier molecular flexibility index (Phi) is 9.53. The van der Waals surface area contributed by atoms with E-state index in [2.05, 4.69) is 5.32 Å². The lowest BCUT2D eigenvalue weighted by molar-refractivity contribution is -0.140. The maximum atomic E-state index is 13.7. The van der Waals surface area contributed by atoms with E-state index < -0.39 is 6.04 Å². The summed E-state index contributed by atoms with van der Waals surface area (Å²) in [7, 11) is 1.61. The van der Waals surface area contributed by atoms with Crippen LogP contribution in [0.4, 0.5) is 0 Å². The Hall–Kier alpha value is -3.31. The van der Waals surface area contributed by atoms with Crippen LogP contribution < -0.4 is 10.1 Å². The van der Waals surface area contributed by atoms with Gasteiger partial charge < -0.3 is 15.0 Å². The van der Waals surface area contributed by atoms with Gasteiger partial charge in [-0.25, -0.2) is 0 Å². The monoisotopic (exact) mass is 478 g/mol. The number of halogens is 1. The van der Waals surface area contributed by atoms with Crippen LogP contribution >= 0.6 is 11.6 Å². The average Bonchev–Trinajstić information content (AvgIpc) is 2.86. The molecule has 6 heteroatoms. The van der Waals surface area contributed by atoms with E-state index in [1.54, 1.807) is 18.1 Å². The molecule has 0 aliphatic carbocycles. The van der Waals surface area contributed by atoms with E-state index >= 15 is 0 Å². The first-order chi connectivity index (χ1) is 16.5. The van der Waals surface area contributed by atoms with Crippen LogP contribution in [0.1, 0.15) is 30.0 Å². The van der Waals surface area contributed by atoms with Crippen molar-refractivity contribution in [2.24, 2.45) is 0 Å². The number of hydrogen-bond donors (Lipinski definition) is 1. The van der Waals surface area contributed by atoms with Crippen molar-refractivity contribution < 1.29 is 14.3 Å². The first-order valence-corrected chi connectivity index (χ1v) is 11.9. The maximum absolute atomic E-state index is 13.7. The first-order valence-electron chi connectivity index (χ1n) is 11.5. The molecule has 3 rings (SSSR count). The summed E-state index contributed by atoms with van der Waals surface area (Å²) < 4.78 is 5.36. The summed E-state index contributed by atoms with van der Waals surface area (Å²) in [5.41, 5.74) is 2.60. The average molecular weight is 479 g/mol.